The van der Waals surface area contributed by atoms with Crippen LogP contribution < -0.4 is 4.90 Å². The van der Waals surface area contributed by atoms with Gasteiger partial charge in [-0.05, 0) is 40.8 Å². The fraction of sp³-hybridized carbons (Fsp3) is 0.300. The topological polar surface area (TPSA) is 20.3 Å². The van der Waals surface area contributed by atoms with Crippen LogP contribution in [0.25, 0.3) is 0 Å². The molecule has 1 fully saturated rings. The van der Waals surface area contributed by atoms with Crippen molar-refractivity contribution in [3.8, 4) is 0 Å². The van der Waals surface area contributed by atoms with Gasteiger partial charge >= 0.3 is 0 Å². The first-order valence-electron chi connectivity index (χ1n) is 4.47. The first kappa shape index (κ1) is 11.1. The second kappa shape index (κ2) is 4.25. The lowest BCUT2D eigenvalue weighted by molar-refractivity contribution is -0.117. The Morgan fingerprint density at radius 1 is 1.53 bits per heavy atom. The molecule has 0 aliphatic carbocycles. The molecule has 1 aromatic carbocycles. The van der Waals surface area contributed by atoms with Crippen molar-refractivity contribution in [2.24, 2.45) is 0 Å². The third kappa shape index (κ3) is 2.25. The molecule has 1 atom stereocenters. The lowest BCUT2D eigenvalue weighted by Gasteiger charge is -2.15. The Labute approximate surface area is 106 Å². The normalized spacial score (nSPS) is 21.1. The van der Waals surface area contributed by atoms with Gasteiger partial charge in [0.15, 0.2) is 0 Å². The van der Waals surface area contributed by atoms with Crippen molar-refractivity contribution >= 4 is 45.8 Å². The molecule has 1 aliphatic rings. The molecule has 0 bridgehead atoms. The molecular formula is C10H8ClFINO. The van der Waals surface area contributed by atoms with Crippen LogP contribution in [0.15, 0.2) is 18.2 Å². The second-order valence-electron chi connectivity index (χ2n) is 3.40. The maximum Gasteiger partial charge on any atom is 0.228 e. The van der Waals surface area contributed by atoms with Crippen LogP contribution in [0.5, 0.6) is 0 Å². The van der Waals surface area contributed by atoms with Crippen LogP contribution >= 0.6 is 34.2 Å². The second-order valence-corrected chi connectivity index (χ2v) is 5.18. The zero-order valence-electron chi connectivity index (χ0n) is 7.71. The van der Waals surface area contributed by atoms with Gasteiger partial charge in [-0.15, -0.1) is 11.6 Å². The van der Waals surface area contributed by atoms with Gasteiger partial charge in [0.25, 0.3) is 0 Å². The molecule has 2 rings (SSSR count). The fourth-order valence-corrected chi connectivity index (χ4v) is 2.17. The molecule has 0 saturated carbocycles. The minimum Gasteiger partial charge on any atom is -0.311 e. The Hall–Kier alpha value is -0.360. The number of hydrogen-bond acceptors (Lipinski definition) is 1. The lowest BCUT2D eigenvalue weighted by atomic mass is 10.3. The smallest absolute Gasteiger partial charge is 0.228 e. The Kier molecular flexibility index (Phi) is 3.16. The zero-order valence-corrected chi connectivity index (χ0v) is 10.6. The van der Waals surface area contributed by atoms with E-state index in [4.69, 9.17) is 11.6 Å². The van der Waals surface area contributed by atoms with Gasteiger partial charge < -0.3 is 4.90 Å². The summed E-state index contributed by atoms with van der Waals surface area (Å²) in [5.41, 5.74) is 0.584. The number of alkyl halides is 1. The van der Waals surface area contributed by atoms with Crippen molar-refractivity contribution in [2.45, 2.75) is 11.8 Å². The number of carbonyl (C=O) groups excluding carboxylic acids is 1. The largest absolute Gasteiger partial charge is 0.311 e. The van der Waals surface area contributed by atoms with Crippen LogP contribution in [0.1, 0.15) is 6.42 Å². The van der Waals surface area contributed by atoms with E-state index in [0.717, 1.165) is 0 Å². The molecule has 0 radical (unpaired) electrons. The van der Waals surface area contributed by atoms with E-state index < -0.39 is 0 Å². The fourth-order valence-electron chi connectivity index (χ4n) is 1.57. The van der Waals surface area contributed by atoms with Gasteiger partial charge in [-0.1, -0.05) is 0 Å². The summed E-state index contributed by atoms with van der Waals surface area (Å²) in [4.78, 5) is 13.0. The molecule has 1 aliphatic heterocycles. The molecule has 1 unspecified atom stereocenters. The average Bonchev–Trinajstić information content (AvgIpc) is 2.50. The molecule has 1 aromatic rings. The quantitative estimate of drug-likeness (QED) is 0.569. The monoisotopic (exact) mass is 339 g/mol. The number of anilines is 1. The summed E-state index contributed by atoms with van der Waals surface area (Å²) in [6.07, 6.45) is 0.329. The Balaban J connectivity index is 2.30. The number of carbonyl (C=O) groups is 1. The van der Waals surface area contributed by atoms with Gasteiger partial charge in [-0.2, -0.15) is 0 Å². The van der Waals surface area contributed by atoms with Crippen molar-refractivity contribution in [1.29, 1.82) is 0 Å². The van der Waals surface area contributed by atoms with Crippen LogP contribution in [0.2, 0.25) is 0 Å². The number of halogens is 3. The first-order valence-corrected chi connectivity index (χ1v) is 5.99. The SMILES string of the molecule is O=C1CC(Cl)CN1c1ccc(I)c(F)c1. The van der Waals surface area contributed by atoms with Crippen LogP contribution in [0.4, 0.5) is 10.1 Å². The van der Waals surface area contributed by atoms with Gasteiger partial charge in [0.2, 0.25) is 5.91 Å². The summed E-state index contributed by atoms with van der Waals surface area (Å²) in [6.45, 7) is 0.459. The van der Waals surface area contributed by atoms with E-state index in [1.807, 2.05) is 22.6 Å². The van der Waals surface area contributed by atoms with Crippen LogP contribution in [0, 0.1) is 9.39 Å². The minimum atomic E-state index is -0.307. The highest BCUT2D eigenvalue weighted by Crippen LogP contribution is 2.26. The van der Waals surface area contributed by atoms with E-state index >= 15 is 0 Å². The van der Waals surface area contributed by atoms with Gasteiger partial charge in [-0.25, -0.2) is 4.39 Å². The first-order chi connectivity index (χ1) is 7.08. The summed E-state index contributed by atoms with van der Waals surface area (Å²) in [6, 6.07) is 4.76. The summed E-state index contributed by atoms with van der Waals surface area (Å²) in [5.74, 6) is -0.352. The Morgan fingerprint density at radius 2 is 2.27 bits per heavy atom. The summed E-state index contributed by atoms with van der Waals surface area (Å²) >= 11 is 7.77. The molecule has 1 saturated heterocycles. The van der Waals surface area contributed by atoms with Crippen LogP contribution in [0.3, 0.4) is 0 Å². The summed E-state index contributed by atoms with van der Waals surface area (Å²) in [7, 11) is 0. The summed E-state index contributed by atoms with van der Waals surface area (Å²) < 4.78 is 13.8. The maximum atomic E-state index is 13.3. The molecule has 15 heavy (non-hydrogen) atoms. The van der Waals surface area contributed by atoms with Gasteiger partial charge in [0.1, 0.15) is 5.82 Å². The number of nitrogens with zero attached hydrogens (tertiary/aromatic N) is 1. The highest BCUT2D eigenvalue weighted by atomic mass is 127. The van der Waals surface area contributed by atoms with E-state index in [1.165, 1.54) is 11.0 Å². The number of amides is 1. The van der Waals surface area contributed by atoms with Crippen molar-refractivity contribution in [3.05, 3.63) is 27.6 Å². The highest BCUT2D eigenvalue weighted by molar-refractivity contribution is 14.1. The van der Waals surface area contributed by atoms with E-state index in [0.29, 0.717) is 22.2 Å². The molecule has 5 heteroatoms. The van der Waals surface area contributed by atoms with Crippen LogP contribution in [-0.4, -0.2) is 17.8 Å². The Morgan fingerprint density at radius 3 is 2.80 bits per heavy atom. The molecule has 1 heterocycles. The van der Waals surface area contributed by atoms with E-state index in [9.17, 15) is 9.18 Å². The predicted octanol–water partition coefficient (Wildman–Crippen LogP) is 2.77. The molecular weight excluding hydrogens is 331 g/mol. The summed E-state index contributed by atoms with van der Waals surface area (Å²) in [5, 5.41) is -0.167. The molecule has 0 aromatic heterocycles. The van der Waals surface area contributed by atoms with E-state index in [2.05, 4.69) is 0 Å². The minimum absolute atomic E-state index is 0.0457. The molecule has 80 valence electrons. The van der Waals surface area contributed by atoms with Crippen molar-refractivity contribution in [1.82, 2.24) is 0 Å². The van der Waals surface area contributed by atoms with Crippen LogP contribution in [-0.2, 0) is 4.79 Å². The van der Waals surface area contributed by atoms with Crippen molar-refractivity contribution < 1.29 is 9.18 Å². The van der Waals surface area contributed by atoms with Crippen molar-refractivity contribution in [2.75, 3.05) is 11.4 Å². The highest BCUT2D eigenvalue weighted by Gasteiger charge is 2.29. The van der Waals surface area contributed by atoms with E-state index in [-0.39, 0.29) is 17.1 Å². The van der Waals surface area contributed by atoms with E-state index in [1.54, 1.807) is 12.1 Å². The zero-order chi connectivity index (χ0) is 11.0. The number of rotatable bonds is 1. The van der Waals surface area contributed by atoms with Gasteiger partial charge in [-0.3, -0.25) is 4.79 Å². The average molecular weight is 340 g/mol. The standard InChI is InChI=1S/C10H8ClFINO/c11-6-3-10(15)14(5-6)7-1-2-9(13)8(12)4-7/h1-2,4,6H,3,5H2. The third-order valence-corrected chi connectivity index (χ3v) is 3.46. The Bertz CT molecular complexity index is 412. The van der Waals surface area contributed by atoms with Crippen molar-refractivity contribution in [3.63, 3.8) is 0 Å². The van der Waals surface area contributed by atoms with Gasteiger partial charge in [0, 0.05) is 22.2 Å². The number of benzene rings is 1. The molecule has 0 spiro atoms. The predicted molar refractivity (Wildman–Crippen MR) is 65.7 cm³/mol. The molecule has 0 N–H and O–H groups in total. The van der Waals surface area contributed by atoms with Gasteiger partial charge in [0.05, 0.1) is 5.38 Å². The maximum absolute atomic E-state index is 13.3. The number of hydrogen-bond donors (Lipinski definition) is 0. The third-order valence-electron chi connectivity index (χ3n) is 2.29. The molecule has 1 amide bonds. The lowest BCUT2D eigenvalue weighted by Crippen LogP contribution is -2.24. The molecule has 2 nitrogen and oxygen atoms in total.